The number of nitrogens with one attached hydrogen (secondary N) is 1. The monoisotopic (exact) mass is 588 g/mol. The summed E-state index contributed by atoms with van der Waals surface area (Å²) in [5, 5.41) is 4.38. The molecule has 3 heterocycles. The molecule has 204 valence electrons. The maximum Gasteiger partial charge on any atom is 0.326 e. The zero-order valence-corrected chi connectivity index (χ0v) is 23.4. The number of hydrogen-bond donors (Lipinski definition) is 1. The average Bonchev–Trinajstić information content (AvgIpc) is 3.35. The van der Waals surface area contributed by atoms with E-state index in [9.17, 15) is 13.2 Å². The quantitative estimate of drug-likeness (QED) is 0.309. The van der Waals surface area contributed by atoms with E-state index in [1.807, 2.05) is 22.9 Å². The van der Waals surface area contributed by atoms with Gasteiger partial charge in [-0.1, -0.05) is 23.2 Å². The molecule has 0 unspecified atom stereocenters. The Morgan fingerprint density at radius 1 is 1.08 bits per heavy atom. The zero-order chi connectivity index (χ0) is 27.6. The lowest BCUT2D eigenvalue weighted by Crippen LogP contribution is -2.44. The number of aromatic nitrogens is 3. The third-order valence-electron chi connectivity index (χ3n) is 6.25. The van der Waals surface area contributed by atoms with Gasteiger partial charge in [0.05, 0.1) is 22.7 Å². The van der Waals surface area contributed by atoms with E-state index in [0.29, 0.717) is 5.95 Å². The van der Waals surface area contributed by atoms with Crippen LogP contribution in [0.15, 0.2) is 65.8 Å². The van der Waals surface area contributed by atoms with Gasteiger partial charge in [0.15, 0.2) is 0 Å². The highest BCUT2D eigenvalue weighted by molar-refractivity contribution is 7.92. The van der Waals surface area contributed by atoms with Gasteiger partial charge in [-0.2, -0.15) is 4.98 Å². The molecule has 2 aromatic heterocycles. The van der Waals surface area contributed by atoms with Crippen LogP contribution in [0.3, 0.4) is 0 Å². The lowest BCUT2D eigenvalue weighted by atomic mass is 10.2. The molecule has 1 aliphatic rings. The Bertz CT molecular complexity index is 1600. The van der Waals surface area contributed by atoms with Gasteiger partial charge in [0.1, 0.15) is 12.4 Å². The Hall–Kier alpha value is -3.38. The van der Waals surface area contributed by atoms with Gasteiger partial charge in [-0.05, 0) is 55.5 Å². The number of nitrogens with zero attached hydrogens (tertiary/aromatic N) is 5. The molecule has 0 aliphatic carbocycles. The molecule has 0 spiro atoms. The van der Waals surface area contributed by atoms with Crippen LogP contribution >= 0.6 is 23.2 Å². The molecule has 1 N–H and O–H groups in total. The van der Waals surface area contributed by atoms with Crippen LogP contribution in [0, 0.1) is 0 Å². The van der Waals surface area contributed by atoms with E-state index >= 15 is 0 Å². The van der Waals surface area contributed by atoms with Gasteiger partial charge >= 0.3 is 5.97 Å². The van der Waals surface area contributed by atoms with Crippen LogP contribution in [0.1, 0.15) is 6.92 Å². The Balaban J connectivity index is 1.53. The number of fused-ring (bicyclic) bond motifs is 1. The van der Waals surface area contributed by atoms with Crippen molar-refractivity contribution in [3.8, 4) is 5.95 Å². The Morgan fingerprint density at radius 2 is 1.82 bits per heavy atom. The standard InChI is InChI=1S/C26H26Cl2N6O4S/c1-2-38-25(35)17-34(39(36,37)22-15-19(27)14-20(28)16-22)21-3-4-23-18(13-21)6-10-33(23)26-30-7-5-24(31-26)32-11-8-29-9-12-32/h3-7,10,13-16,29H,2,8-9,11-12,17H2,1H3. The summed E-state index contributed by atoms with van der Waals surface area (Å²) in [5.74, 6) is 0.648. The Kier molecular flexibility index (Phi) is 7.94. The van der Waals surface area contributed by atoms with E-state index in [0.717, 1.165) is 47.2 Å². The first-order chi connectivity index (χ1) is 18.8. The Morgan fingerprint density at radius 3 is 2.54 bits per heavy atom. The van der Waals surface area contributed by atoms with Crippen molar-refractivity contribution in [1.29, 1.82) is 0 Å². The number of piperazine rings is 1. The first-order valence-electron chi connectivity index (χ1n) is 12.3. The highest BCUT2D eigenvalue weighted by Gasteiger charge is 2.29. The summed E-state index contributed by atoms with van der Waals surface area (Å²) < 4.78 is 35.3. The van der Waals surface area contributed by atoms with Crippen LogP contribution in [0.25, 0.3) is 16.9 Å². The van der Waals surface area contributed by atoms with Crippen LogP contribution < -0.4 is 14.5 Å². The summed E-state index contributed by atoms with van der Waals surface area (Å²) in [6.45, 7) is 4.74. The summed E-state index contributed by atoms with van der Waals surface area (Å²) in [7, 11) is -4.22. The topological polar surface area (TPSA) is 110 Å². The summed E-state index contributed by atoms with van der Waals surface area (Å²) in [5.41, 5.74) is 1.05. The highest BCUT2D eigenvalue weighted by atomic mass is 35.5. The first kappa shape index (κ1) is 27.2. The molecule has 13 heteroatoms. The van der Waals surface area contributed by atoms with Crippen LogP contribution in [0.5, 0.6) is 0 Å². The van der Waals surface area contributed by atoms with Crippen molar-refractivity contribution in [3.05, 3.63) is 71.0 Å². The number of ether oxygens (including phenoxy) is 1. The van der Waals surface area contributed by atoms with Crippen molar-refractivity contribution in [2.75, 3.05) is 48.5 Å². The fourth-order valence-corrected chi connectivity index (χ4v) is 6.56. The second kappa shape index (κ2) is 11.4. The fourth-order valence-electron chi connectivity index (χ4n) is 4.43. The Labute approximate surface area is 236 Å². The second-order valence-corrected chi connectivity index (χ2v) is 11.5. The summed E-state index contributed by atoms with van der Waals surface area (Å²) >= 11 is 12.2. The normalized spacial score (nSPS) is 14.0. The fraction of sp³-hybridized carbons (Fsp3) is 0.269. The summed E-state index contributed by atoms with van der Waals surface area (Å²) in [6, 6.07) is 12.8. The number of esters is 1. The van der Waals surface area contributed by atoms with Crippen molar-refractivity contribution < 1.29 is 17.9 Å². The SMILES string of the molecule is CCOC(=O)CN(c1ccc2c(ccn2-c2nccc(N3CCNCC3)n2)c1)S(=O)(=O)c1cc(Cl)cc(Cl)c1. The van der Waals surface area contributed by atoms with Crippen molar-refractivity contribution in [1.82, 2.24) is 19.9 Å². The van der Waals surface area contributed by atoms with Gasteiger partial charge in [0.2, 0.25) is 5.95 Å². The predicted octanol–water partition coefficient (Wildman–Crippen LogP) is 3.90. The lowest BCUT2D eigenvalue weighted by Gasteiger charge is -2.28. The summed E-state index contributed by atoms with van der Waals surface area (Å²) in [6.07, 6.45) is 3.55. The highest BCUT2D eigenvalue weighted by Crippen LogP contribution is 2.31. The molecule has 0 atom stereocenters. The van der Waals surface area contributed by atoms with Gasteiger partial charge in [-0.3, -0.25) is 13.7 Å². The van der Waals surface area contributed by atoms with E-state index in [1.165, 1.54) is 18.2 Å². The number of benzene rings is 2. The molecule has 2 aromatic carbocycles. The molecule has 0 radical (unpaired) electrons. The molecule has 1 fully saturated rings. The smallest absolute Gasteiger partial charge is 0.326 e. The largest absolute Gasteiger partial charge is 0.465 e. The molecule has 1 saturated heterocycles. The predicted molar refractivity (Wildman–Crippen MR) is 152 cm³/mol. The number of halogens is 2. The average molecular weight is 590 g/mol. The van der Waals surface area contributed by atoms with Crippen LogP contribution in [-0.4, -0.2) is 68.3 Å². The minimum atomic E-state index is -4.22. The number of rotatable bonds is 8. The number of anilines is 2. The molecule has 5 rings (SSSR count). The second-order valence-electron chi connectivity index (χ2n) is 8.80. The number of hydrogen-bond acceptors (Lipinski definition) is 8. The van der Waals surface area contributed by atoms with Crippen molar-refractivity contribution in [3.63, 3.8) is 0 Å². The van der Waals surface area contributed by atoms with E-state index in [4.69, 9.17) is 32.9 Å². The first-order valence-corrected chi connectivity index (χ1v) is 14.5. The number of carbonyl (C=O) groups is 1. The molecule has 4 aromatic rings. The molecule has 0 bridgehead atoms. The zero-order valence-electron chi connectivity index (χ0n) is 21.0. The van der Waals surface area contributed by atoms with E-state index in [-0.39, 0.29) is 27.2 Å². The van der Waals surface area contributed by atoms with E-state index < -0.39 is 22.5 Å². The molecule has 10 nitrogen and oxygen atoms in total. The third kappa shape index (κ3) is 5.81. The molecule has 39 heavy (non-hydrogen) atoms. The van der Waals surface area contributed by atoms with Gasteiger partial charge in [0.25, 0.3) is 10.0 Å². The van der Waals surface area contributed by atoms with Gasteiger partial charge < -0.3 is 15.0 Å². The molecular weight excluding hydrogens is 563 g/mol. The third-order valence-corrected chi connectivity index (χ3v) is 8.44. The van der Waals surface area contributed by atoms with E-state index in [2.05, 4.69) is 15.2 Å². The minimum absolute atomic E-state index is 0.116. The molecule has 0 amide bonds. The van der Waals surface area contributed by atoms with Crippen molar-refractivity contribution in [2.24, 2.45) is 0 Å². The molecular formula is C26H26Cl2N6O4S. The maximum atomic E-state index is 13.7. The van der Waals surface area contributed by atoms with Crippen molar-refractivity contribution >= 4 is 61.6 Å². The minimum Gasteiger partial charge on any atom is -0.465 e. The van der Waals surface area contributed by atoms with Gasteiger partial charge in [-0.25, -0.2) is 13.4 Å². The van der Waals surface area contributed by atoms with Gasteiger partial charge in [-0.15, -0.1) is 0 Å². The van der Waals surface area contributed by atoms with Crippen LogP contribution in [0.4, 0.5) is 11.5 Å². The number of carbonyl (C=O) groups excluding carboxylic acids is 1. The van der Waals surface area contributed by atoms with E-state index in [1.54, 1.807) is 31.3 Å². The van der Waals surface area contributed by atoms with Gasteiger partial charge in [0, 0.05) is 54.0 Å². The number of sulfonamides is 1. The molecule has 1 aliphatic heterocycles. The van der Waals surface area contributed by atoms with Crippen LogP contribution in [0.2, 0.25) is 10.0 Å². The van der Waals surface area contributed by atoms with Crippen molar-refractivity contribution in [2.45, 2.75) is 11.8 Å². The maximum absolute atomic E-state index is 13.7. The lowest BCUT2D eigenvalue weighted by molar-refractivity contribution is -0.141. The van der Waals surface area contributed by atoms with Crippen LogP contribution in [-0.2, 0) is 19.6 Å². The molecule has 0 saturated carbocycles. The summed E-state index contributed by atoms with van der Waals surface area (Å²) in [4.78, 5) is 23.7.